The summed E-state index contributed by atoms with van der Waals surface area (Å²) in [6.07, 6.45) is 4.52. The van der Waals surface area contributed by atoms with Crippen molar-refractivity contribution >= 4 is 11.6 Å². The van der Waals surface area contributed by atoms with Crippen LogP contribution in [0.3, 0.4) is 0 Å². The number of rotatable bonds is 5. The van der Waals surface area contributed by atoms with Gasteiger partial charge in [-0.05, 0) is 42.3 Å². The van der Waals surface area contributed by atoms with Gasteiger partial charge in [0.05, 0.1) is 11.1 Å². The van der Waals surface area contributed by atoms with Crippen molar-refractivity contribution in [2.75, 3.05) is 6.54 Å². The lowest BCUT2D eigenvalue weighted by Gasteiger charge is -2.19. The molecule has 1 N–H and O–H groups in total. The second kappa shape index (κ2) is 6.64. The van der Waals surface area contributed by atoms with E-state index in [1.807, 2.05) is 18.2 Å². The number of aromatic nitrogens is 1. The normalized spacial score (nSPS) is 12.4. The number of nitrogens with zero attached hydrogens (tertiary/aromatic N) is 1. The Balaban J connectivity index is 2.34. The topological polar surface area (TPSA) is 24.9 Å². The van der Waals surface area contributed by atoms with Crippen LogP contribution in [0.1, 0.15) is 30.5 Å². The van der Waals surface area contributed by atoms with Gasteiger partial charge in [0.15, 0.2) is 0 Å². The molecule has 1 aromatic carbocycles. The van der Waals surface area contributed by atoms with Crippen LogP contribution < -0.4 is 5.32 Å². The summed E-state index contributed by atoms with van der Waals surface area (Å²) in [5.74, 6) is -0.397. The summed E-state index contributed by atoms with van der Waals surface area (Å²) in [4.78, 5) is 4.12. The van der Waals surface area contributed by atoms with Gasteiger partial charge >= 0.3 is 0 Å². The molecule has 0 fully saturated rings. The molecule has 0 spiro atoms. The fourth-order valence-corrected chi connectivity index (χ4v) is 2.07. The van der Waals surface area contributed by atoms with E-state index < -0.39 is 5.82 Å². The molecule has 0 amide bonds. The molecule has 2 rings (SSSR count). The molecule has 1 heterocycles. The lowest BCUT2D eigenvalue weighted by Crippen LogP contribution is -2.23. The van der Waals surface area contributed by atoms with Gasteiger partial charge in [-0.2, -0.15) is 0 Å². The first-order valence-electron chi connectivity index (χ1n) is 6.30. The van der Waals surface area contributed by atoms with Crippen molar-refractivity contribution in [2.24, 2.45) is 0 Å². The molecule has 0 bridgehead atoms. The maximum absolute atomic E-state index is 13.6. The summed E-state index contributed by atoms with van der Waals surface area (Å²) < 4.78 is 13.6. The highest BCUT2D eigenvalue weighted by Gasteiger charge is 2.14. The van der Waals surface area contributed by atoms with Crippen molar-refractivity contribution in [3.05, 3.63) is 64.7 Å². The molecular weight excluding hydrogens is 263 g/mol. The van der Waals surface area contributed by atoms with E-state index >= 15 is 0 Å². The monoisotopic (exact) mass is 278 g/mol. The molecule has 0 saturated heterocycles. The van der Waals surface area contributed by atoms with Crippen LogP contribution in [0.2, 0.25) is 5.02 Å². The standard InChI is InChI=1S/C15H16ClFN2/c1-2-7-19-15(12-4-3-8-18-10-12)11-5-6-13(16)14(17)9-11/h3-6,8-10,15,19H,2,7H2,1H3. The lowest BCUT2D eigenvalue weighted by atomic mass is 10.00. The minimum atomic E-state index is -0.397. The van der Waals surface area contributed by atoms with Crippen LogP contribution in [0.5, 0.6) is 0 Å². The highest BCUT2D eigenvalue weighted by atomic mass is 35.5. The predicted molar refractivity (Wildman–Crippen MR) is 75.8 cm³/mol. The maximum Gasteiger partial charge on any atom is 0.142 e. The highest BCUT2D eigenvalue weighted by Crippen LogP contribution is 2.25. The average molecular weight is 279 g/mol. The number of pyridine rings is 1. The van der Waals surface area contributed by atoms with Gasteiger partial charge in [0, 0.05) is 12.4 Å². The van der Waals surface area contributed by atoms with Crippen molar-refractivity contribution in [1.29, 1.82) is 0 Å². The van der Waals surface area contributed by atoms with E-state index in [0.717, 1.165) is 24.1 Å². The Hall–Kier alpha value is -1.45. The van der Waals surface area contributed by atoms with Crippen molar-refractivity contribution in [1.82, 2.24) is 10.3 Å². The van der Waals surface area contributed by atoms with E-state index in [0.29, 0.717) is 0 Å². The molecule has 0 aliphatic heterocycles. The minimum absolute atomic E-state index is 0.0691. The third kappa shape index (κ3) is 3.52. The predicted octanol–water partition coefficient (Wildman–Crippen LogP) is 3.96. The number of halogens is 2. The first kappa shape index (κ1) is 14.0. The largest absolute Gasteiger partial charge is 0.306 e. The summed E-state index contributed by atoms with van der Waals surface area (Å²) >= 11 is 5.73. The Morgan fingerprint density at radius 3 is 2.79 bits per heavy atom. The molecule has 1 aromatic heterocycles. The summed E-state index contributed by atoms with van der Waals surface area (Å²) in [6, 6.07) is 8.69. The average Bonchev–Trinajstić information content (AvgIpc) is 2.44. The third-order valence-corrected chi connectivity index (χ3v) is 3.20. The SMILES string of the molecule is CCCNC(c1cccnc1)c1ccc(Cl)c(F)c1. The Bertz CT molecular complexity index is 531. The van der Waals surface area contributed by atoms with Crippen LogP contribution in [0.15, 0.2) is 42.7 Å². The fraction of sp³-hybridized carbons (Fsp3) is 0.267. The number of nitrogens with one attached hydrogen (secondary N) is 1. The second-order valence-corrected chi connectivity index (χ2v) is 4.75. The Morgan fingerprint density at radius 1 is 1.32 bits per heavy atom. The fourth-order valence-electron chi connectivity index (χ4n) is 1.96. The molecule has 100 valence electrons. The molecule has 1 unspecified atom stereocenters. The number of benzene rings is 1. The van der Waals surface area contributed by atoms with Gasteiger partial charge in [-0.25, -0.2) is 4.39 Å². The van der Waals surface area contributed by atoms with Crippen molar-refractivity contribution in [3.63, 3.8) is 0 Å². The van der Waals surface area contributed by atoms with Crippen LogP contribution >= 0.6 is 11.6 Å². The second-order valence-electron chi connectivity index (χ2n) is 4.35. The van der Waals surface area contributed by atoms with Gasteiger partial charge in [0.25, 0.3) is 0 Å². The van der Waals surface area contributed by atoms with E-state index in [4.69, 9.17) is 11.6 Å². The maximum atomic E-state index is 13.6. The Kier molecular flexibility index (Phi) is 4.88. The van der Waals surface area contributed by atoms with E-state index in [9.17, 15) is 4.39 Å². The molecule has 1 atom stereocenters. The van der Waals surface area contributed by atoms with Gasteiger partial charge in [-0.3, -0.25) is 4.98 Å². The first-order valence-corrected chi connectivity index (χ1v) is 6.68. The molecule has 0 aliphatic carbocycles. The third-order valence-electron chi connectivity index (χ3n) is 2.89. The van der Waals surface area contributed by atoms with Crippen LogP contribution in [0, 0.1) is 5.82 Å². The van der Waals surface area contributed by atoms with Crippen molar-refractivity contribution in [3.8, 4) is 0 Å². The van der Waals surface area contributed by atoms with Gasteiger partial charge in [-0.15, -0.1) is 0 Å². The summed E-state index contributed by atoms with van der Waals surface area (Å²) in [5.41, 5.74) is 1.86. The lowest BCUT2D eigenvalue weighted by molar-refractivity contribution is 0.584. The van der Waals surface area contributed by atoms with Crippen LogP contribution in [-0.4, -0.2) is 11.5 Å². The van der Waals surface area contributed by atoms with Crippen LogP contribution in [0.25, 0.3) is 0 Å². The molecule has 0 saturated carbocycles. The van der Waals surface area contributed by atoms with E-state index in [2.05, 4.69) is 17.2 Å². The van der Waals surface area contributed by atoms with E-state index in [1.54, 1.807) is 18.5 Å². The van der Waals surface area contributed by atoms with Crippen molar-refractivity contribution in [2.45, 2.75) is 19.4 Å². The molecule has 2 aromatic rings. The number of hydrogen-bond acceptors (Lipinski definition) is 2. The Morgan fingerprint density at radius 2 is 2.16 bits per heavy atom. The van der Waals surface area contributed by atoms with Crippen molar-refractivity contribution < 1.29 is 4.39 Å². The zero-order chi connectivity index (χ0) is 13.7. The van der Waals surface area contributed by atoms with E-state index in [-0.39, 0.29) is 11.1 Å². The summed E-state index contributed by atoms with van der Waals surface area (Å²) in [7, 11) is 0. The molecule has 19 heavy (non-hydrogen) atoms. The summed E-state index contributed by atoms with van der Waals surface area (Å²) in [5, 5.41) is 3.54. The smallest absolute Gasteiger partial charge is 0.142 e. The molecule has 0 aliphatic rings. The molecular formula is C15H16ClFN2. The first-order chi connectivity index (χ1) is 9.22. The Labute approximate surface area is 117 Å². The van der Waals surface area contributed by atoms with Gasteiger partial charge < -0.3 is 5.32 Å². The zero-order valence-electron chi connectivity index (χ0n) is 10.7. The molecule has 0 radical (unpaired) electrons. The minimum Gasteiger partial charge on any atom is -0.306 e. The quantitative estimate of drug-likeness (QED) is 0.895. The van der Waals surface area contributed by atoms with E-state index in [1.165, 1.54) is 6.07 Å². The molecule has 4 heteroatoms. The zero-order valence-corrected chi connectivity index (χ0v) is 11.5. The summed E-state index contributed by atoms with van der Waals surface area (Å²) in [6.45, 7) is 2.94. The van der Waals surface area contributed by atoms with Crippen LogP contribution in [-0.2, 0) is 0 Å². The van der Waals surface area contributed by atoms with Crippen LogP contribution in [0.4, 0.5) is 4.39 Å². The molecule has 2 nitrogen and oxygen atoms in total. The van der Waals surface area contributed by atoms with Gasteiger partial charge in [0.1, 0.15) is 5.82 Å². The number of hydrogen-bond donors (Lipinski definition) is 1. The van der Waals surface area contributed by atoms with Gasteiger partial charge in [0.2, 0.25) is 0 Å². The highest BCUT2D eigenvalue weighted by molar-refractivity contribution is 6.30. The van der Waals surface area contributed by atoms with Gasteiger partial charge in [-0.1, -0.05) is 30.7 Å².